The molecule has 0 aliphatic carbocycles. The number of nitrogens with zero attached hydrogens (tertiary/aromatic N) is 2. The van der Waals surface area contributed by atoms with Crippen LogP contribution in [0.1, 0.15) is 54.1 Å². The maximum atomic E-state index is 15.9. The molecule has 1 unspecified atom stereocenters. The summed E-state index contributed by atoms with van der Waals surface area (Å²) in [5.74, 6) is -3.97. The van der Waals surface area contributed by atoms with E-state index in [4.69, 9.17) is 16.3 Å². The summed E-state index contributed by atoms with van der Waals surface area (Å²) in [5, 5.41) is 12.3. The lowest BCUT2D eigenvalue weighted by Crippen LogP contribution is -2.48. The molecule has 276 valence electrons. The Morgan fingerprint density at radius 2 is 1.85 bits per heavy atom. The van der Waals surface area contributed by atoms with E-state index in [1.165, 1.54) is 50.2 Å². The molecule has 15 heteroatoms. The summed E-state index contributed by atoms with van der Waals surface area (Å²) < 4.78 is 93.5. The van der Waals surface area contributed by atoms with Crippen molar-refractivity contribution in [1.82, 2.24) is 15.1 Å². The minimum Gasteiger partial charge on any atom is -0.481 e. The number of alkyl halides is 4. The molecule has 4 bridgehead atoms. The van der Waals surface area contributed by atoms with E-state index >= 15 is 8.78 Å². The molecule has 2 aliphatic heterocycles. The van der Waals surface area contributed by atoms with Crippen LogP contribution in [0.25, 0.3) is 11.1 Å². The van der Waals surface area contributed by atoms with Crippen LogP contribution >= 0.6 is 11.6 Å². The first-order valence-corrected chi connectivity index (χ1v) is 16.5. The molecule has 3 aromatic carbocycles. The standard InChI is InChI=1S/C37H34ClF6N3O5/c1-4-28(37(42,43)44)21(7-8-46-16-25(39)17-46)15-47(18-48)35-23-10-24(38)13-26(11-23)52-31-6-5-29(40)20(3)33(31)22-9-19(2)34(41)27(12-22)30(14-32(49)50)45-36(35)51/h4-6,9-13,15,18,25,30,35H,7-8,14,16-17H2,1-3H3,(H,45,51)(H,49,50)/b21-15-,28-4+/t30-,35?/m0/s1. The van der Waals surface area contributed by atoms with Crippen molar-refractivity contribution in [3.8, 4) is 22.6 Å². The molecule has 8 nitrogen and oxygen atoms in total. The van der Waals surface area contributed by atoms with E-state index in [1.54, 1.807) is 4.90 Å². The highest BCUT2D eigenvalue weighted by Gasteiger charge is 2.38. The summed E-state index contributed by atoms with van der Waals surface area (Å²) in [5.41, 5.74) is -1.30. The fourth-order valence-corrected chi connectivity index (χ4v) is 6.70. The molecule has 0 saturated carbocycles. The van der Waals surface area contributed by atoms with Gasteiger partial charge in [0.2, 0.25) is 12.3 Å². The minimum absolute atomic E-state index is 0.00740. The molecule has 1 saturated heterocycles. The predicted molar refractivity (Wildman–Crippen MR) is 180 cm³/mol. The third kappa shape index (κ3) is 8.28. The first-order valence-electron chi connectivity index (χ1n) is 16.1. The van der Waals surface area contributed by atoms with Crippen molar-refractivity contribution in [2.45, 2.75) is 58.0 Å². The molecule has 5 rings (SSSR count). The van der Waals surface area contributed by atoms with Gasteiger partial charge in [-0.3, -0.25) is 19.3 Å². The number of carbonyl (C=O) groups is 3. The summed E-state index contributed by atoms with van der Waals surface area (Å²) in [6.45, 7) is 4.07. The summed E-state index contributed by atoms with van der Waals surface area (Å²) in [6.07, 6.45) is -5.36. The number of carbonyl (C=O) groups excluding carboxylic acids is 2. The minimum atomic E-state index is -4.88. The van der Waals surface area contributed by atoms with Gasteiger partial charge in [-0.1, -0.05) is 17.7 Å². The van der Waals surface area contributed by atoms with Gasteiger partial charge < -0.3 is 20.1 Å². The molecule has 2 N–H and O–H groups in total. The van der Waals surface area contributed by atoms with E-state index in [0.717, 1.165) is 25.3 Å². The topological polar surface area (TPSA) is 99.2 Å². The van der Waals surface area contributed by atoms with Gasteiger partial charge in [0.1, 0.15) is 35.3 Å². The van der Waals surface area contributed by atoms with E-state index in [9.17, 15) is 37.1 Å². The smallest absolute Gasteiger partial charge is 0.416 e. The van der Waals surface area contributed by atoms with Crippen LogP contribution in [0.15, 0.2) is 65.9 Å². The number of carboxylic acid groups (broad SMARTS) is 1. The number of likely N-dealkylation sites (tertiary alicyclic amines) is 1. The number of hydrogen-bond donors (Lipinski definition) is 2. The van der Waals surface area contributed by atoms with Gasteiger partial charge in [-0.2, -0.15) is 13.2 Å². The molecule has 2 atom stereocenters. The van der Waals surface area contributed by atoms with Crippen LogP contribution in [0.3, 0.4) is 0 Å². The molecule has 52 heavy (non-hydrogen) atoms. The van der Waals surface area contributed by atoms with Crippen LogP contribution < -0.4 is 10.1 Å². The lowest BCUT2D eigenvalue weighted by molar-refractivity contribution is -0.138. The maximum Gasteiger partial charge on any atom is 0.416 e. The van der Waals surface area contributed by atoms with E-state index in [-0.39, 0.29) is 82.4 Å². The molecular weight excluding hydrogens is 716 g/mol. The number of ether oxygens (including phenoxy) is 1. The number of hydrogen-bond acceptors (Lipinski definition) is 5. The van der Waals surface area contributed by atoms with Crippen molar-refractivity contribution in [1.29, 1.82) is 0 Å². The van der Waals surface area contributed by atoms with Gasteiger partial charge in [-0.15, -0.1) is 0 Å². The molecule has 2 amide bonds. The second-order valence-electron chi connectivity index (χ2n) is 12.6. The zero-order chi connectivity index (χ0) is 38.1. The molecule has 1 fully saturated rings. The molecule has 0 spiro atoms. The van der Waals surface area contributed by atoms with Crippen molar-refractivity contribution < 1.29 is 50.6 Å². The number of halogens is 7. The predicted octanol–water partition coefficient (Wildman–Crippen LogP) is 8.28. The van der Waals surface area contributed by atoms with Crippen LogP contribution in [-0.2, 0) is 14.4 Å². The SMILES string of the molecule is C/C=C(\C(=C/N(C=O)C1C(=O)N[C@@H](CC(=O)O)c2cc(cc(C)c2F)-c2c(ccc(F)c2C)Oc2cc(Cl)cc1c2)CCN1CC(F)C1)C(F)(F)F. The number of aliphatic carboxylic acids is 1. The Bertz CT molecular complexity index is 1960. The van der Waals surface area contributed by atoms with Gasteiger partial charge >= 0.3 is 12.1 Å². The molecule has 2 aliphatic rings. The molecule has 3 aromatic rings. The zero-order valence-corrected chi connectivity index (χ0v) is 28.9. The monoisotopic (exact) mass is 749 g/mol. The van der Waals surface area contributed by atoms with E-state index in [2.05, 4.69) is 5.32 Å². The van der Waals surface area contributed by atoms with Crippen LogP contribution in [0.2, 0.25) is 5.02 Å². The van der Waals surface area contributed by atoms with Gasteiger partial charge in [0.05, 0.1) is 18.0 Å². The van der Waals surface area contributed by atoms with Gasteiger partial charge in [0, 0.05) is 42.0 Å². The van der Waals surface area contributed by atoms with Crippen LogP contribution in [0.5, 0.6) is 11.5 Å². The van der Waals surface area contributed by atoms with Gasteiger partial charge in [-0.25, -0.2) is 13.2 Å². The van der Waals surface area contributed by atoms with Gasteiger partial charge in [0.25, 0.3) is 0 Å². The average Bonchev–Trinajstić information content (AvgIpc) is 3.04. The van der Waals surface area contributed by atoms with Crippen molar-refractivity contribution >= 4 is 29.9 Å². The van der Waals surface area contributed by atoms with Crippen LogP contribution in [0.4, 0.5) is 26.3 Å². The number of nitrogens with one attached hydrogen (secondary N) is 1. The summed E-state index contributed by atoms with van der Waals surface area (Å²) in [4.78, 5) is 41.5. The number of aryl methyl sites for hydroxylation is 1. The Hall–Kier alpha value is -4.82. The van der Waals surface area contributed by atoms with Crippen molar-refractivity contribution in [3.63, 3.8) is 0 Å². The summed E-state index contributed by atoms with van der Waals surface area (Å²) in [6, 6.07) is 5.66. The van der Waals surface area contributed by atoms with Crippen molar-refractivity contribution in [2.75, 3.05) is 19.6 Å². The Balaban J connectivity index is 1.74. The summed E-state index contributed by atoms with van der Waals surface area (Å²) in [7, 11) is 0. The number of carboxylic acids is 1. The fourth-order valence-electron chi connectivity index (χ4n) is 6.46. The first-order chi connectivity index (χ1) is 24.5. The number of rotatable bonds is 9. The normalized spacial score (nSPS) is 18.5. The lowest BCUT2D eigenvalue weighted by Gasteiger charge is -2.35. The molecular formula is C37H34ClF6N3O5. The average molecular weight is 750 g/mol. The number of benzene rings is 3. The van der Waals surface area contributed by atoms with Gasteiger partial charge in [0.15, 0.2) is 0 Å². The maximum absolute atomic E-state index is 15.9. The highest BCUT2D eigenvalue weighted by molar-refractivity contribution is 6.30. The fraction of sp³-hybridized carbons (Fsp3) is 0.324. The summed E-state index contributed by atoms with van der Waals surface area (Å²) >= 11 is 6.47. The highest BCUT2D eigenvalue weighted by Crippen LogP contribution is 2.42. The Morgan fingerprint density at radius 1 is 1.13 bits per heavy atom. The third-order valence-corrected chi connectivity index (χ3v) is 9.18. The Kier molecular flexibility index (Phi) is 11.4. The van der Waals surface area contributed by atoms with E-state index in [1.807, 2.05) is 0 Å². The Morgan fingerprint density at radius 3 is 2.46 bits per heavy atom. The third-order valence-electron chi connectivity index (χ3n) is 8.96. The van der Waals surface area contributed by atoms with Crippen LogP contribution in [-0.4, -0.2) is 65.2 Å². The van der Waals surface area contributed by atoms with Crippen LogP contribution in [0, 0.1) is 25.5 Å². The zero-order valence-electron chi connectivity index (χ0n) is 28.2. The number of allylic oxidation sites excluding steroid dienone is 2. The quantitative estimate of drug-likeness (QED) is 0.130. The second kappa shape index (κ2) is 15.4. The Labute approximate surface area is 300 Å². The first kappa shape index (κ1) is 38.4. The number of fused-ring (bicyclic) bond motifs is 6. The van der Waals surface area contributed by atoms with Crippen molar-refractivity contribution in [3.05, 3.63) is 105 Å². The molecule has 0 radical (unpaired) electrons. The number of amides is 2. The molecule has 0 aromatic heterocycles. The van der Waals surface area contributed by atoms with E-state index < -0.39 is 65.5 Å². The second-order valence-corrected chi connectivity index (χ2v) is 13.1. The van der Waals surface area contributed by atoms with Crippen molar-refractivity contribution in [2.24, 2.45) is 0 Å². The van der Waals surface area contributed by atoms with Gasteiger partial charge in [-0.05, 0) is 97.5 Å². The van der Waals surface area contributed by atoms with E-state index in [0.29, 0.717) is 4.90 Å². The lowest BCUT2D eigenvalue weighted by atomic mass is 9.92. The molecule has 2 heterocycles. The largest absolute Gasteiger partial charge is 0.481 e. The highest BCUT2D eigenvalue weighted by atomic mass is 35.5.